The summed E-state index contributed by atoms with van der Waals surface area (Å²) < 4.78 is 5.17. The largest absolute Gasteiger partial charge is 0.497 e. The Labute approximate surface area is 162 Å². The van der Waals surface area contributed by atoms with Crippen LogP contribution in [0.5, 0.6) is 5.75 Å². The number of methoxy groups -OCH3 is 1. The molecular weight excluding hydrogens is 340 g/mol. The highest BCUT2D eigenvalue weighted by Crippen LogP contribution is 2.26. The van der Waals surface area contributed by atoms with Crippen molar-refractivity contribution in [3.8, 4) is 5.75 Å². The van der Waals surface area contributed by atoms with Gasteiger partial charge in [-0.25, -0.2) is 0 Å². The van der Waals surface area contributed by atoms with Gasteiger partial charge in [0.25, 0.3) is 0 Å². The van der Waals surface area contributed by atoms with Crippen LogP contribution in [0.4, 0.5) is 0 Å². The molecule has 2 aliphatic rings. The quantitative estimate of drug-likeness (QED) is 0.797. The first-order valence-electron chi connectivity index (χ1n) is 10.4. The predicted octanol–water partition coefficient (Wildman–Crippen LogP) is 3.27. The van der Waals surface area contributed by atoms with Crippen LogP contribution >= 0.6 is 0 Å². The van der Waals surface area contributed by atoms with Crippen LogP contribution in [0.15, 0.2) is 24.3 Å². The second kappa shape index (κ2) is 9.77. The van der Waals surface area contributed by atoms with E-state index in [1.165, 1.54) is 19.3 Å². The molecule has 1 saturated heterocycles. The zero-order chi connectivity index (χ0) is 19.1. The Morgan fingerprint density at radius 1 is 0.926 bits per heavy atom. The molecule has 1 aromatic carbocycles. The zero-order valence-corrected chi connectivity index (χ0v) is 16.5. The Morgan fingerprint density at radius 3 is 2.30 bits per heavy atom. The number of amides is 2. The SMILES string of the molecule is COc1ccc(CCC(=O)N2CCCN(C(=O)C3CCCCC3)CC2)cc1. The Bertz CT molecular complexity index is 623. The van der Waals surface area contributed by atoms with E-state index >= 15 is 0 Å². The monoisotopic (exact) mass is 372 g/mol. The van der Waals surface area contributed by atoms with E-state index in [1.807, 2.05) is 34.1 Å². The molecule has 3 rings (SSSR count). The van der Waals surface area contributed by atoms with Gasteiger partial charge in [0.2, 0.25) is 11.8 Å². The van der Waals surface area contributed by atoms with Crippen molar-refractivity contribution in [2.75, 3.05) is 33.3 Å². The second-order valence-corrected chi connectivity index (χ2v) is 7.74. The average Bonchev–Trinajstić information content (AvgIpc) is 2.99. The summed E-state index contributed by atoms with van der Waals surface area (Å²) in [5.41, 5.74) is 1.15. The summed E-state index contributed by atoms with van der Waals surface area (Å²) in [4.78, 5) is 29.3. The third-order valence-corrected chi connectivity index (χ3v) is 5.90. The maximum atomic E-state index is 12.8. The lowest BCUT2D eigenvalue weighted by molar-refractivity contribution is -0.137. The van der Waals surface area contributed by atoms with Gasteiger partial charge in [-0.2, -0.15) is 0 Å². The van der Waals surface area contributed by atoms with E-state index in [4.69, 9.17) is 4.74 Å². The van der Waals surface area contributed by atoms with Crippen LogP contribution in [0.2, 0.25) is 0 Å². The Morgan fingerprint density at radius 2 is 1.59 bits per heavy atom. The van der Waals surface area contributed by atoms with Crippen molar-refractivity contribution in [2.45, 2.75) is 51.4 Å². The van der Waals surface area contributed by atoms with E-state index in [1.54, 1.807) is 7.11 Å². The van der Waals surface area contributed by atoms with E-state index in [0.717, 1.165) is 50.1 Å². The standard InChI is InChI=1S/C22H32N2O3/c1-27-20-11-8-18(9-12-20)10-13-21(25)23-14-5-15-24(17-16-23)22(26)19-6-3-2-4-7-19/h8-9,11-12,19H,2-7,10,13-17H2,1H3. The number of carbonyl (C=O) groups is 2. The van der Waals surface area contributed by atoms with Crippen molar-refractivity contribution in [1.29, 1.82) is 0 Å². The van der Waals surface area contributed by atoms with Crippen LogP contribution in [-0.2, 0) is 16.0 Å². The number of nitrogens with zero attached hydrogens (tertiary/aromatic N) is 2. The van der Waals surface area contributed by atoms with Gasteiger partial charge in [0.15, 0.2) is 0 Å². The number of aryl methyl sites for hydroxylation is 1. The summed E-state index contributed by atoms with van der Waals surface area (Å²) in [5, 5.41) is 0. The first kappa shape index (κ1) is 19.7. The summed E-state index contributed by atoms with van der Waals surface area (Å²) in [5.74, 6) is 1.57. The van der Waals surface area contributed by atoms with Gasteiger partial charge in [-0.05, 0) is 43.4 Å². The highest BCUT2D eigenvalue weighted by atomic mass is 16.5. The summed E-state index contributed by atoms with van der Waals surface area (Å²) in [6.07, 6.45) is 7.85. The third kappa shape index (κ3) is 5.47. The lowest BCUT2D eigenvalue weighted by Gasteiger charge is -2.28. The van der Waals surface area contributed by atoms with Gasteiger partial charge in [-0.3, -0.25) is 9.59 Å². The summed E-state index contributed by atoms with van der Waals surface area (Å²) in [6, 6.07) is 7.89. The van der Waals surface area contributed by atoms with Crippen molar-refractivity contribution in [3.63, 3.8) is 0 Å². The van der Waals surface area contributed by atoms with Gasteiger partial charge >= 0.3 is 0 Å². The van der Waals surface area contributed by atoms with E-state index in [9.17, 15) is 9.59 Å². The topological polar surface area (TPSA) is 49.9 Å². The summed E-state index contributed by atoms with van der Waals surface area (Å²) >= 11 is 0. The molecule has 1 aliphatic heterocycles. The van der Waals surface area contributed by atoms with Gasteiger partial charge in [-0.15, -0.1) is 0 Å². The van der Waals surface area contributed by atoms with Crippen LogP contribution in [0, 0.1) is 5.92 Å². The molecule has 2 amide bonds. The lowest BCUT2D eigenvalue weighted by atomic mass is 9.88. The molecule has 5 nitrogen and oxygen atoms in total. The maximum Gasteiger partial charge on any atom is 0.225 e. The fourth-order valence-corrected chi connectivity index (χ4v) is 4.20. The molecule has 0 atom stereocenters. The van der Waals surface area contributed by atoms with E-state index in [0.29, 0.717) is 25.4 Å². The Hall–Kier alpha value is -2.04. The minimum Gasteiger partial charge on any atom is -0.497 e. The molecule has 27 heavy (non-hydrogen) atoms. The van der Waals surface area contributed by atoms with Crippen molar-refractivity contribution in [3.05, 3.63) is 29.8 Å². The molecule has 0 aromatic heterocycles. The zero-order valence-electron chi connectivity index (χ0n) is 16.5. The predicted molar refractivity (Wildman–Crippen MR) is 106 cm³/mol. The number of benzene rings is 1. The Kier molecular flexibility index (Phi) is 7.13. The molecule has 1 saturated carbocycles. The molecule has 0 bridgehead atoms. The van der Waals surface area contributed by atoms with Gasteiger partial charge in [0.1, 0.15) is 5.75 Å². The number of ether oxygens (including phenoxy) is 1. The minimum absolute atomic E-state index is 0.192. The van der Waals surface area contributed by atoms with Gasteiger partial charge in [-0.1, -0.05) is 31.4 Å². The molecule has 0 spiro atoms. The van der Waals surface area contributed by atoms with E-state index in [2.05, 4.69) is 0 Å². The molecule has 0 radical (unpaired) electrons. The van der Waals surface area contributed by atoms with Gasteiger partial charge < -0.3 is 14.5 Å². The van der Waals surface area contributed by atoms with Crippen molar-refractivity contribution < 1.29 is 14.3 Å². The second-order valence-electron chi connectivity index (χ2n) is 7.74. The molecule has 0 N–H and O–H groups in total. The van der Waals surface area contributed by atoms with Gasteiger partial charge in [0, 0.05) is 38.5 Å². The molecule has 1 aliphatic carbocycles. The van der Waals surface area contributed by atoms with E-state index in [-0.39, 0.29) is 11.8 Å². The molecule has 0 unspecified atom stereocenters. The van der Waals surface area contributed by atoms with Crippen LogP contribution < -0.4 is 4.74 Å². The number of carbonyl (C=O) groups excluding carboxylic acids is 2. The van der Waals surface area contributed by atoms with Crippen molar-refractivity contribution in [1.82, 2.24) is 9.80 Å². The van der Waals surface area contributed by atoms with Crippen LogP contribution in [0.3, 0.4) is 0 Å². The summed E-state index contributed by atoms with van der Waals surface area (Å²) in [6.45, 7) is 2.90. The normalized spacial score (nSPS) is 18.9. The molecule has 148 valence electrons. The van der Waals surface area contributed by atoms with Crippen LogP contribution in [0.25, 0.3) is 0 Å². The minimum atomic E-state index is 0.192. The van der Waals surface area contributed by atoms with E-state index < -0.39 is 0 Å². The fraction of sp³-hybridized carbons (Fsp3) is 0.636. The summed E-state index contributed by atoms with van der Waals surface area (Å²) in [7, 11) is 1.65. The molecule has 1 aromatic rings. The fourth-order valence-electron chi connectivity index (χ4n) is 4.20. The molecule has 1 heterocycles. The maximum absolute atomic E-state index is 12.8. The van der Waals surface area contributed by atoms with Crippen LogP contribution in [0.1, 0.15) is 50.5 Å². The van der Waals surface area contributed by atoms with Crippen molar-refractivity contribution in [2.24, 2.45) is 5.92 Å². The van der Waals surface area contributed by atoms with Crippen LogP contribution in [-0.4, -0.2) is 54.9 Å². The van der Waals surface area contributed by atoms with Gasteiger partial charge in [0.05, 0.1) is 7.11 Å². The molecular formula is C22H32N2O3. The van der Waals surface area contributed by atoms with Crippen molar-refractivity contribution >= 4 is 11.8 Å². The first-order valence-corrected chi connectivity index (χ1v) is 10.4. The highest BCUT2D eigenvalue weighted by Gasteiger charge is 2.28. The number of hydrogen-bond acceptors (Lipinski definition) is 3. The third-order valence-electron chi connectivity index (χ3n) is 5.90. The molecule has 5 heteroatoms. The highest BCUT2D eigenvalue weighted by molar-refractivity contribution is 5.79. The average molecular weight is 373 g/mol. The number of rotatable bonds is 5. The lowest BCUT2D eigenvalue weighted by Crippen LogP contribution is -2.40. The Balaban J connectivity index is 1.46. The smallest absolute Gasteiger partial charge is 0.225 e. The number of hydrogen-bond donors (Lipinski definition) is 0. The first-order chi connectivity index (χ1) is 13.2. The molecule has 2 fully saturated rings.